The third kappa shape index (κ3) is 4.69. The number of ether oxygens (including phenoxy) is 2. The normalized spacial score (nSPS) is 11.4. The molecule has 0 aliphatic rings. The van der Waals surface area contributed by atoms with E-state index in [1.54, 1.807) is 0 Å². The van der Waals surface area contributed by atoms with Crippen molar-refractivity contribution in [2.24, 2.45) is 0 Å². The molecule has 0 bridgehead atoms. The molecule has 10 heteroatoms. The van der Waals surface area contributed by atoms with Crippen LogP contribution >= 0.6 is 0 Å². The van der Waals surface area contributed by atoms with Crippen molar-refractivity contribution in [1.29, 1.82) is 0 Å². The van der Waals surface area contributed by atoms with Gasteiger partial charge < -0.3 is 19.9 Å². The molecule has 0 spiro atoms. The van der Waals surface area contributed by atoms with Crippen LogP contribution in [0.25, 0.3) is 0 Å². The van der Waals surface area contributed by atoms with E-state index in [0.717, 1.165) is 18.2 Å². The number of nitrogens with zero attached hydrogens (tertiary/aromatic N) is 1. The first-order valence-corrected chi connectivity index (χ1v) is 7.55. The highest BCUT2D eigenvalue weighted by Gasteiger charge is 2.22. The number of hydrogen-bond acceptors (Lipinski definition) is 7. The second kappa shape index (κ2) is 8.13. The number of nitro groups is 1. The maximum atomic E-state index is 13.3. The predicted octanol–water partition coefficient (Wildman–Crippen LogP) is 2.63. The largest absolute Gasteiger partial charge is 0.507 e. The van der Waals surface area contributed by atoms with Crippen molar-refractivity contribution in [3.8, 4) is 11.5 Å². The van der Waals surface area contributed by atoms with Gasteiger partial charge >= 0.3 is 11.7 Å². The van der Waals surface area contributed by atoms with Crippen molar-refractivity contribution in [2.75, 3.05) is 12.4 Å². The quantitative estimate of drug-likeness (QED) is 0.449. The van der Waals surface area contributed by atoms with Gasteiger partial charge in [0.05, 0.1) is 12.0 Å². The molecule has 0 saturated carbocycles. The first-order valence-electron chi connectivity index (χ1n) is 7.55. The van der Waals surface area contributed by atoms with E-state index in [-0.39, 0.29) is 17.0 Å². The topological polar surface area (TPSA) is 128 Å². The number of methoxy groups -OCH3 is 1. The lowest BCUT2D eigenvalue weighted by Crippen LogP contribution is -2.30. The highest BCUT2D eigenvalue weighted by molar-refractivity contribution is 5.98. The summed E-state index contributed by atoms with van der Waals surface area (Å²) in [5.74, 6) is -2.86. The van der Waals surface area contributed by atoms with E-state index in [0.29, 0.717) is 5.75 Å². The number of nitro benzene ring substituents is 1. The minimum absolute atomic E-state index is 0.0386. The monoisotopic (exact) mass is 378 g/mol. The summed E-state index contributed by atoms with van der Waals surface area (Å²) in [6, 6.07) is 6.71. The van der Waals surface area contributed by atoms with Gasteiger partial charge in [-0.25, -0.2) is 4.79 Å². The zero-order valence-corrected chi connectivity index (χ0v) is 14.3. The predicted molar refractivity (Wildman–Crippen MR) is 91.2 cm³/mol. The van der Waals surface area contributed by atoms with Crippen molar-refractivity contribution < 1.29 is 33.5 Å². The molecule has 0 saturated heterocycles. The standard InChI is InChI=1S/C17H15FN2O7/c1-9(27-17(23)12-5-4-11(26-2)8-15(12)21)16(22)19-10-3-6-13(18)14(7-10)20(24)25/h3-9,21H,1-2H3,(H,19,22). The molecule has 2 aromatic carbocycles. The van der Waals surface area contributed by atoms with Gasteiger partial charge in [0.15, 0.2) is 6.10 Å². The Morgan fingerprint density at radius 1 is 1.26 bits per heavy atom. The van der Waals surface area contributed by atoms with Crippen LogP contribution in [-0.4, -0.2) is 35.1 Å². The van der Waals surface area contributed by atoms with Crippen molar-refractivity contribution in [3.63, 3.8) is 0 Å². The Hall–Kier alpha value is -3.69. The highest BCUT2D eigenvalue weighted by atomic mass is 19.1. The summed E-state index contributed by atoms with van der Waals surface area (Å²) in [5.41, 5.74) is -1.02. The lowest BCUT2D eigenvalue weighted by atomic mass is 10.2. The second-order valence-electron chi connectivity index (χ2n) is 5.34. The molecule has 0 aliphatic heterocycles. The zero-order valence-electron chi connectivity index (χ0n) is 14.3. The van der Waals surface area contributed by atoms with Gasteiger partial charge in [-0.2, -0.15) is 4.39 Å². The number of aromatic hydroxyl groups is 1. The van der Waals surface area contributed by atoms with Crippen LogP contribution in [0.5, 0.6) is 11.5 Å². The van der Waals surface area contributed by atoms with E-state index in [2.05, 4.69) is 5.32 Å². The van der Waals surface area contributed by atoms with Gasteiger partial charge in [-0.3, -0.25) is 14.9 Å². The maximum absolute atomic E-state index is 13.3. The smallest absolute Gasteiger partial charge is 0.342 e. The number of carbonyl (C=O) groups excluding carboxylic acids is 2. The molecule has 0 aliphatic carbocycles. The average molecular weight is 378 g/mol. The van der Waals surface area contributed by atoms with E-state index >= 15 is 0 Å². The van der Waals surface area contributed by atoms with Crippen LogP contribution in [-0.2, 0) is 9.53 Å². The third-order valence-electron chi connectivity index (χ3n) is 3.49. The number of anilines is 1. The van der Waals surface area contributed by atoms with E-state index in [1.165, 1.54) is 32.2 Å². The fourth-order valence-electron chi connectivity index (χ4n) is 2.06. The van der Waals surface area contributed by atoms with E-state index in [1.807, 2.05) is 0 Å². The summed E-state index contributed by atoms with van der Waals surface area (Å²) in [6.07, 6.45) is -1.29. The van der Waals surface area contributed by atoms with Gasteiger partial charge in [0.25, 0.3) is 5.91 Å². The van der Waals surface area contributed by atoms with Gasteiger partial charge in [0.1, 0.15) is 17.1 Å². The van der Waals surface area contributed by atoms with Gasteiger partial charge in [-0.1, -0.05) is 0 Å². The summed E-state index contributed by atoms with van der Waals surface area (Å²) in [7, 11) is 1.39. The van der Waals surface area contributed by atoms with Crippen molar-refractivity contribution in [2.45, 2.75) is 13.0 Å². The highest BCUT2D eigenvalue weighted by Crippen LogP contribution is 2.25. The molecule has 27 heavy (non-hydrogen) atoms. The van der Waals surface area contributed by atoms with E-state index in [9.17, 15) is 29.2 Å². The van der Waals surface area contributed by atoms with E-state index in [4.69, 9.17) is 9.47 Å². The number of phenolic OH excluding ortho intramolecular Hbond substituents is 1. The van der Waals surface area contributed by atoms with Crippen LogP contribution in [0.2, 0.25) is 0 Å². The van der Waals surface area contributed by atoms with Crippen LogP contribution in [0.4, 0.5) is 15.8 Å². The van der Waals surface area contributed by atoms with Crippen LogP contribution in [0, 0.1) is 15.9 Å². The molecule has 1 amide bonds. The Balaban J connectivity index is 2.06. The number of hydrogen-bond donors (Lipinski definition) is 2. The molecule has 2 N–H and O–H groups in total. The molecular weight excluding hydrogens is 363 g/mol. The summed E-state index contributed by atoms with van der Waals surface area (Å²) in [6.45, 7) is 1.27. The SMILES string of the molecule is COc1ccc(C(=O)OC(C)C(=O)Nc2ccc(F)c([N+](=O)[O-])c2)c(O)c1. The summed E-state index contributed by atoms with van der Waals surface area (Å²) < 4.78 is 23.2. The molecular formula is C17H15FN2O7. The molecule has 0 aromatic heterocycles. The fourth-order valence-corrected chi connectivity index (χ4v) is 2.06. The van der Waals surface area contributed by atoms with Crippen LogP contribution < -0.4 is 10.1 Å². The molecule has 1 unspecified atom stereocenters. The lowest BCUT2D eigenvalue weighted by molar-refractivity contribution is -0.387. The Kier molecular flexibility index (Phi) is 5.91. The Bertz CT molecular complexity index is 901. The summed E-state index contributed by atoms with van der Waals surface area (Å²) in [5, 5.41) is 22.8. The molecule has 2 aromatic rings. The molecule has 142 valence electrons. The van der Waals surface area contributed by atoms with Crippen LogP contribution in [0.15, 0.2) is 36.4 Å². The van der Waals surface area contributed by atoms with Gasteiger partial charge in [0.2, 0.25) is 5.82 Å². The first kappa shape index (κ1) is 19.6. The number of halogens is 1. The molecule has 2 rings (SSSR count). The number of amides is 1. The van der Waals surface area contributed by atoms with Crippen LogP contribution in [0.3, 0.4) is 0 Å². The number of rotatable bonds is 6. The number of esters is 1. The number of nitrogens with one attached hydrogen (secondary N) is 1. The molecule has 0 radical (unpaired) electrons. The Morgan fingerprint density at radius 3 is 2.56 bits per heavy atom. The third-order valence-corrected chi connectivity index (χ3v) is 3.49. The first-order chi connectivity index (χ1) is 12.7. The van der Waals surface area contributed by atoms with Gasteiger partial charge in [0, 0.05) is 17.8 Å². The molecule has 1 atom stereocenters. The molecule has 9 nitrogen and oxygen atoms in total. The molecule has 0 heterocycles. The minimum Gasteiger partial charge on any atom is -0.507 e. The van der Waals surface area contributed by atoms with Gasteiger partial charge in [-0.05, 0) is 31.2 Å². The number of carbonyl (C=O) groups is 2. The summed E-state index contributed by atoms with van der Waals surface area (Å²) >= 11 is 0. The molecule has 0 fully saturated rings. The number of benzene rings is 2. The zero-order chi connectivity index (χ0) is 20.1. The summed E-state index contributed by atoms with van der Waals surface area (Å²) in [4.78, 5) is 34.0. The minimum atomic E-state index is -1.29. The maximum Gasteiger partial charge on any atom is 0.342 e. The second-order valence-corrected chi connectivity index (χ2v) is 5.34. The van der Waals surface area contributed by atoms with Gasteiger partial charge in [-0.15, -0.1) is 0 Å². The number of phenols is 1. The average Bonchev–Trinajstić information content (AvgIpc) is 2.62. The van der Waals surface area contributed by atoms with E-state index < -0.39 is 34.4 Å². The Morgan fingerprint density at radius 2 is 1.96 bits per heavy atom. The fraction of sp³-hybridized carbons (Fsp3) is 0.176. The Labute approximate surface area is 152 Å². The van der Waals surface area contributed by atoms with Crippen molar-refractivity contribution >= 4 is 23.3 Å². The van der Waals surface area contributed by atoms with Crippen molar-refractivity contribution in [3.05, 3.63) is 57.9 Å². The van der Waals surface area contributed by atoms with Crippen molar-refractivity contribution in [1.82, 2.24) is 0 Å². The van der Waals surface area contributed by atoms with Crippen LogP contribution in [0.1, 0.15) is 17.3 Å². The lowest BCUT2D eigenvalue weighted by Gasteiger charge is -2.14.